The summed E-state index contributed by atoms with van der Waals surface area (Å²) in [5, 5.41) is 4.27. The van der Waals surface area contributed by atoms with Crippen molar-refractivity contribution in [1.82, 2.24) is 5.32 Å². The maximum atomic E-state index is 10.9. The van der Waals surface area contributed by atoms with Crippen molar-refractivity contribution in [2.75, 3.05) is 6.54 Å². The first-order valence-electron chi connectivity index (χ1n) is 7.64. The van der Waals surface area contributed by atoms with Crippen molar-refractivity contribution in [3.8, 4) is 5.75 Å². The predicted molar refractivity (Wildman–Crippen MR) is 97.6 cm³/mol. The molecule has 1 unspecified atom stereocenters. The van der Waals surface area contributed by atoms with Crippen LogP contribution in [0.25, 0.3) is 0 Å². The van der Waals surface area contributed by atoms with Gasteiger partial charge in [0.15, 0.2) is 0 Å². The fourth-order valence-corrected chi connectivity index (χ4v) is 2.55. The molecule has 1 atom stereocenters. The molecule has 2 rings (SSSR count). The highest BCUT2D eigenvalue weighted by Gasteiger charge is 2.06. The molecular formula is C18H20Cl2N2O2. The first kappa shape index (κ1) is 18.6. The highest BCUT2D eigenvalue weighted by atomic mass is 35.5. The van der Waals surface area contributed by atoms with Crippen LogP contribution in [0, 0.1) is 0 Å². The second-order valence-corrected chi connectivity index (χ2v) is 6.34. The lowest BCUT2D eigenvalue weighted by Gasteiger charge is -2.11. The third-order valence-corrected chi connectivity index (χ3v) is 4.21. The molecule has 4 nitrogen and oxygen atoms in total. The zero-order valence-electron chi connectivity index (χ0n) is 13.4. The molecule has 0 aromatic heterocycles. The third kappa shape index (κ3) is 5.71. The summed E-state index contributed by atoms with van der Waals surface area (Å²) < 4.78 is 5.74. The smallest absolute Gasteiger partial charge is 0.234 e. The van der Waals surface area contributed by atoms with Crippen LogP contribution in [0.15, 0.2) is 42.5 Å². The maximum Gasteiger partial charge on any atom is 0.234 e. The molecule has 0 saturated heterocycles. The van der Waals surface area contributed by atoms with Crippen LogP contribution in [0.5, 0.6) is 5.75 Å². The first-order chi connectivity index (χ1) is 11.5. The molecule has 0 saturated carbocycles. The van der Waals surface area contributed by atoms with Crippen molar-refractivity contribution in [2.24, 2.45) is 5.73 Å². The molecule has 0 radical (unpaired) electrons. The standard InChI is InChI=1S/C18H20Cl2N2O2/c1-12(18(21)23)22-9-8-13-2-6-16(7-3-13)24-11-14-4-5-15(19)10-17(14)20/h2-7,10,12,22H,8-9,11H2,1H3,(H2,21,23). The fourth-order valence-electron chi connectivity index (χ4n) is 2.09. The van der Waals surface area contributed by atoms with Gasteiger partial charge in [0, 0.05) is 15.6 Å². The van der Waals surface area contributed by atoms with Gasteiger partial charge < -0.3 is 15.8 Å². The van der Waals surface area contributed by atoms with Crippen molar-refractivity contribution in [2.45, 2.75) is 26.0 Å². The number of halogens is 2. The Morgan fingerprint density at radius 2 is 1.92 bits per heavy atom. The van der Waals surface area contributed by atoms with Crippen LogP contribution < -0.4 is 15.8 Å². The second kappa shape index (κ2) is 8.92. The second-order valence-electron chi connectivity index (χ2n) is 5.50. The molecule has 2 aromatic rings. The first-order valence-corrected chi connectivity index (χ1v) is 8.39. The lowest BCUT2D eigenvalue weighted by Crippen LogP contribution is -2.39. The quantitative estimate of drug-likeness (QED) is 0.750. The number of benzene rings is 2. The number of carbonyl (C=O) groups is 1. The Balaban J connectivity index is 1.82. The van der Waals surface area contributed by atoms with E-state index >= 15 is 0 Å². The predicted octanol–water partition coefficient (Wildman–Crippen LogP) is 3.58. The number of hydrogen-bond donors (Lipinski definition) is 2. The summed E-state index contributed by atoms with van der Waals surface area (Å²) in [7, 11) is 0. The normalized spacial score (nSPS) is 12.0. The molecule has 0 aliphatic heterocycles. The lowest BCUT2D eigenvalue weighted by molar-refractivity contribution is -0.119. The van der Waals surface area contributed by atoms with Crippen molar-refractivity contribution < 1.29 is 9.53 Å². The van der Waals surface area contributed by atoms with Crippen molar-refractivity contribution >= 4 is 29.1 Å². The molecule has 0 aliphatic carbocycles. The average Bonchev–Trinajstić information content (AvgIpc) is 2.55. The van der Waals surface area contributed by atoms with Crippen molar-refractivity contribution in [1.29, 1.82) is 0 Å². The van der Waals surface area contributed by atoms with Crippen LogP contribution in [0.2, 0.25) is 10.0 Å². The Morgan fingerprint density at radius 1 is 1.21 bits per heavy atom. The maximum absolute atomic E-state index is 10.9. The summed E-state index contributed by atoms with van der Waals surface area (Å²) >= 11 is 12.0. The SMILES string of the molecule is CC(NCCc1ccc(OCc2ccc(Cl)cc2Cl)cc1)C(N)=O. The van der Waals surface area contributed by atoms with Crippen LogP contribution >= 0.6 is 23.2 Å². The molecule has 0 heterocycles. The Bertz CT molecular complexity index is 690. The Kier molecular flexibility index (Phi) is 6.91. The minimum absolute atomic E-state index is 0.322. The molecule has 1 amide bonds. The highest BCUT2D eigenvalue weighted by Crippen LogP contribution is 2.22. The minimum atomic E-state index is -0.348. The van der Waals surface area contributed by atoms with Gasteiger partial charge in [-0.1, -0.05) is 41.4 Å². The van der Waals surface area contributed by atoms with Gasteiger partial charge in [0.2, 0.25) is 5.91 Å². The van der Waals surface area contributed by atoms with E-state index in [0.717, 1.165) is 23.3 Å². The molecule has 0 bridgehead atoms. The molecule has 6 heteroatoms. The van der Waals surface area contributed by atoms with Gasteiger partial charge in [-0.25, -0.2) is 0 Å². The molecule has 0 spiro atoms. The summed E-state index contributed by atoms with van der Waals surface area (Å²) in [6, 6.07) is 12.8. The summed E-state index contributed by atoms with van der Waals surface area (Å²) in [6.45, 7) is 2.82. The van der Waals surface area contributed by atoms with Crippen LogP contribution in [0.4, 0.5) is 0 Å². The number of rotatable bonds is 8. The summed E-state index contributed by atoms with van der Waals surface area (Å²) in [4.78, 5) is 10.9. The van der Waals surface area contributed by atoms with E-state index in [1.54, 1.807) is 19.1 Å². The molecule has 128 valence electrons. The van der Waals surface area contributed by atoms with Gasteiger partial charge in [0.1, 0.15) is 12.4 Å². The minimum Gasteiger partial charge on any atom is -0.489 e. The lowest BCUT2D eigenvalue weighted by atomic mass is 10.1. The average molecular weight is 367 g/mol. The number of carbonyl (C=O) groups excluding carboxylic acids is 1. The molecule has 0 fully saturated rings. The van der Waals surface area contributed by atoms with Crippen molar-refractivity contribution in [3.63, 3.8) is 0 Å². The molecular weight excluding hydrogens is 347 g/mol. The van der Waals surface area contributed by atoms with Crippen molar-refractivity contribution in [3.05, 3.63) is 63.6 Å². The number of ether oxygens (including phenoxy) is 1. The number of hydrogen-bond acceptors (Lipinski definition) is 3. The Labute approximate surface area is 151 Å². The van der Waals surface area contributed by atoms with Gasteiger partial charge in [0.05, 0.1) is 6.04 Å². The van der Waals surface area contributed by atoms with Crippen LogP contribution in [0.1, 0.15) is 18.1 Å². The summed E-state index contributed by atoms with van der Waals surface area (Å²) in [5.74, 6) is 0.419. The molecule has 24 heavy (non-hydrogen) atoms. The highest BCUT2D eigenvalue weighted by molar-refractivity contribution is 6.35. The number of primary amides is 1. The van der Waals surface area contributed by atoms with Crippen LogP contribution in [-0.4, -0.2) is 18.5 Å². The van der Waals surface area contributed by atoms with E-state index in [-0.39, 0.29) is 11.9 Å². The van der Waals surface area contributed by atoms with Crippen LogP contribution in [0.3, 0.4) is 0 Å². The topological polar surface area (TPSA) is 64.3 Å². The van der Waals surface area contributed by atoms with E-state index < -0.39 is 0 Å². The van der Waals surface area contributed by atoms with E-state index in [2.05, 4.69) is 5.32 Å². The Hall–Kier alpha value is -1.75. The molecule has 0 aliphatic rings. The third-order valence-electron chi connectivity index (χ3n) is 3.62. The van der Waals surface area contributed by atoms with E-state index in [1.807, 2.05) is 30.3 Å². The van der Waals surface area contributed by atoms with Gasteiger partial charge in [-0.05, 0) is 49.7 Å². The zero-order valence-corrected chi connectivity index (χ0v) is 14.9. The monoisotopic (exact) mass is 366 g/mol. The van der Waals surface area contributed by atoms with Gasteiger partial charge >= 0.3 is 0 Å². The largest absolute Gasteiger partial charge is 0.489 e. The van der Waals surface area contributed by atoms with Gasteiger partial charge in [-0.15, -0.1) is 0 Å². The van der Waals surface area contributed by atoms with Gasteiger partial charge in [-0.3, -0.25) is 4.79 Å². The number of nitrogens with two attached hydrogens (primary N) is 1. The van der Waals surface area contributed by atoms with E-state index in [0.29, 0.717) is 23.2 Å². The molecule has 2 aromatic carbocycles. The van der Waals surface area contributed by atoms with E-state index in [4.69, 9.17) is 33.7 Å². The van der Waals surface area contributed by atoms with E-state index in [1.165, 1.54) is 0 Å². The van der Waals surface area contributed by atoms with Gasteiger partial charge in [0.25, 0.3) is 0 Å². The zero-order chi connectivity index (χ0) is 17.5. The number of amides is 1. The molecule has 3 N–H and O–H groups in total. The van der Waals surface area contributed by atoms with Crippen LogP contribution in [-0.2, 0) is 17.8 Å². The fraction of sp³-hybridized carbons (Fsp3) is 0.278. The van der Waals surface area contributed by atoms with E-state index in [9.17, 15) is 4.79 Å². The Morgan fingerprint density at radius 3 is 2.54 bits per heavy atom. The summed E-state index contributed by atoms with van der Waals surface area (Å²) in [6.07, 6.45) is 0.806. The van der Waals surface area contributed by atoms with Gasteiger partial charge in [-0.2, -0.15) is 0 Å². The number of nitrogens with one attached hydrogen (secondary N) is 1. The summed E-state index contributed by atoms with van der Waals surface area (Å²) in [5.41, 5.74) is 7.23.